The smallest absolute Gasteiger partial charge is 0.303 e. The molecular weight excluding hydrogens is 202 g/mol. The molecule has 1 aliphatic rings. The van der Waals surface area contributed by atoms with Crippen LogP contribution in [-0.2, 0) is 4.79 Å². The van der Waals surface area contributed by atoms with Crippen LogP contribution in [0.1, 0.15) is 51.9 Å². The summed E-state index contributed by atoms with van der Waals surface area (Å²) in [4.78, 5) is 12.9. The number of rotatable bonds is 6. The zero-order valence-corrected chi connectivity index (χ0v) is 10.5. The summed E-state index contributed by atoms with van der Waals surface area (Å²) >= 11 is 0. The first-order valence-corrected chi connectivity index (χ1v) is 6.66. The van der Waals surface area contributed by atoms with E-state index >= 15 is 0 Å². The number of carboxylic acids is 1. The van der Waals surface area contributed by atoms with Crippen molar-refractivity contribution in [3.8, 4) is 0 Å². The van der Waals surface area contributed by atoms with E-state index in [4.69, 9.17) is 5.11 Å². The molecule has 1 fully saturated rings. The van der Waals surface area contributed by atoms with E-state index in [9.17, 15) is 4.79 Å². The van der Waals surface area contributed by atoms with Crippen molar-refractivity contribution >= 4 is 5.97 Å². The maximum Gasteiger partial charge on any atom is 0.303 e. The lowest BCUT2D eigenvalue weighted by Crippen LogP contribution is -2.26. The topological polar surface area (TPSA) is 40.5 Å². The predicted octanol–water partition coefficient (Wildman–Crippen LogP) is 2.75. The van der Waals surface area contributed by atoms with Gasteiger partial charge in [0.25, 0.3) is 0 Å². The highest BCUT2D eigenvalue weighted by Crippen LogP contribution is 2.20. The summed E-state index contributed by atoms with van der Waals surface area (Å²) in [5.74, 6) is 0.255. The Kier molecular flexibility index (Phi) is 6.46. The minimum absolute atomic E-state index is 0.325. The zero-order chi connectivity index (χ0) is 11.8. The lowest BCUT2D eigenvalue weighted by molar-refractivity contribution is -0.137. The Morgan fingerprint density at radius 2 is 2.12 bits per heavy atom. The van der Waals surface area contributed by atoms with Crippen molar-refractivity contribution in [3.05, 3.63) is 0 Å². The van der Waals surface area contributed by atoms with Gasteiger partial charge in [0.1, 0.15) is 0 Å². The van der Waals surface area contributed by atoms with Crippen molar-refractivity contribution in [2.24, 2.45) is 5.92 Å². The number of carbonyl (C=O) groups is 1. The normalized spacial score (nSPS) is 22.9. The van der Waals surface area contributed by atoms with Crippen molar-refractivity contribution in [1.82, 2.24) is 4.90 Å². The second-order valence-corrected chi connectivity index (χ2v) is 4.90. The Balaban J connectivity index is 2.10. The first kappa shape index (κ1) is 13.5. The van der Waals surface area contributed by atoms with E-state index in [0.717, 1.165) is 25.3 Å². The van der Waals surface area contributed by atoms with Gasteiger partial charge in [0.15, 0.2) is 0 Å². The van der Waals surface area contributed by atoms with Gasteiger partial charge in [-0.1, -0.05) is 13.3 Å². The van der Waals surface area contributed by atoms with Crippen molar-refractivity contribution in [1.29, 1.82) is 0 Å². The van der Waals surface area contributed by atoms with Crippen LogP contribution in [0, 0.1) is 5.92 Å². The minimum atomic E-state index is -0.665. The van der Waals surface area contributed by atoms with E-state index < -0.39 is 5.97 Å². The fourth-order valence-corrected chi connectivity index (χ4v) is 2.47. The maximum atomic E-state index is 10.4. The van der Waals surface area contributed by atoms with Crippen molar-refractivity contribution in [2.75, 3.05) is 19.6 Å². The molecule has 0 bridgehead atoms. The number of hydrogen-bond acceptors (Lipinski definition) is 2. The van der Waals surface area contributed by atoms with Crippen LogP contribution in [0.15, 0.2) is 0 Å². The summed E-state index contributed by atoms with van der Waals surface area (Å²) in [5.41, 5.74) is 0. The van der Waals surface area contributed by atoms with Gasteiger partial charge in [-0.15, -0.1) is 0 Å². The Bertz CT molecular complexity index is 206. The molecule has 1 unspecified atom stereocenters. The summed E-state index contributed by atoms with van der Waals surface area (Å²) in [7, 11) is 0. The van der Waals surface area contributed by atoms with E-state index in [-0.39, 0.29) is 0 Å². The molecule has 1 heterocycles. The maximum absolute atomic E-state index is 10.4. The lowest BCUT2D eigenvalue weighted by atomic mass is 9.98. The molecule has 0 aromatic heterocycles. The van der Waals surface area contributed by atoms with Gasteiger partial charge in [-0.25, -0.2) is 0 Å². The molecule has 1 N–H and O–H groups in total. The molecule has 94 valence electrons. The number of hydrogen-bond donors (Lipinski definition) is 1. The number of aliphatic carboxylic acids is 1. The fraction of sp³-hybridized carbons (Fsp3) is 0.923. The standard InChI is InChI=1S/C13H25NO2/c1-2-12-6-5-10-14(11-8-12)9-4-3-7-13(15)16/h12H,2-11H2,1H3,(H,15,16). The Morgan fingerprint density at radius 3 is 2.81 bits per heavy atom. The molecular formula is C13H25NO2. The molecule has 0 amide bonds. The zero-order valence-electron chi connectivity index (χ0n) is 10.5. The largest absolute Gasteiger partial charge is 0.481 e. The highest BCUT2D eigenvalue weighted by molar-refractivity contribution is 5.66. The number of nitrogens with zero attached hydrogens (tertiary/aromatic N) is 1. The fourth-order valence-electron chi connectivity index (χ4n) is 2.47. The molecule has 1 saturated heterocycles. The van der Waals surface area contributed by atoms with E-state index in [0.29, 0.717) is 6.42 Å². The second kappa shape index (κ2) is 7.66. The van der Waals surface area contributed by atoms with Crippen LogP contribution in [0.4, 0.5) is 0 Å². The van der Waals surface area contributed by atoms with Gasteiger partial charge in [-0.2, -0.15) is 0 Å². The number of unbranched alkanes of at least 4 members (excludes halogenated alkanes) is 1. The van der Waals surface area contributed by atoms with Gasteiger partial charge < -0.3 is 10.0 Å². The van der Waals surface area contributed by atoms with E-state index in [1.807, 2.05) is 0 Å². The third-order valence-corrected chi connectivity index (χ3v) is 3.63. The van der Waals surface area contributed by atoms with Crippen LogP contribution in [-0.4, -0.2) is 35.6 Å². The van der Waals surface area contributed by atoms with Crippen molar-refractivity contribution in [2.45, 2.75) is 51.9 Å². The number of likely N-dealkylation sites (tertiary alicyclic amines) is 1. The minimum Gasteiger partial charge on any atom is -0.481 e. The molecule has 0 spiro atoms. The molecule has 0 aromatic carbocycles. The third kappa shape index (κ3) is 5.50. The van der Waals surface area contributed by atoms with Gasteiger partial charge in [0, 0.05) is 6.42 Å². The lowest BCUT2D eigenvalue weighted by Gasteiger charge is -2.19. The van der Waals surface area contributed by atoms with Crippen LogP contribution in [0.2, 0.25) is 0 Å². The highest BCUT2D eigenvalue weighted by atomic mass is 16.4. The predicted molar refractivity (Wildman–Crippen MR) is 65.6 cm³/mol. The van der Waals surface area contributed by atoms with Crippen molar-refractivity contribution in [3.63, 3.8) is 0 Å². The van der Waals surface area contributed by atoms with Crippen LogP contribution >= 0.6 is 0 Å². The summed E-state index contributed by atoms with van der Waals surface area (Å²) in [6.07, 6.45) is 7.51. The molecule has 0 aliphatic carbocycles. The van der Waals surface area contributed by atoms with E-state index in [2.05, 4.69) is 11.8 Å². The molecule has 0 saturated carbocycles. The summed E-state index contributed by atoms with van der Waals surface area (Å²) in [6, 6.07) is 0. The Labute approximate surface area is 98.8 Å². The highest BCUT2D eigenvalue weighted by Gasteiger charge is 2.14. The van der Waals surface area contributed by atoms with E-state index in [1.54, 1.807) is 0 Å². The molecule has 1 aliphatic heterocycles. The van der Waals surface area contributed by atoms with Gasteiger partial charge >= 0.3 is 5.97 Å². The SMILES string of the molecule is CCC1CCCN(CCCCC(=O)O)CC1. The third-order valence-electron chi connectivity index (χ3n) is 3.63. The quantitative estimate of drug-likeness (QED) is 0.709. The molecule has 1 rings (SSSR count). The molecule has 1 atom stereocenters. The summed E-state index contributed by atoms with van der Waals surface area (Å²) < 4.78 is 0. The second-order valence-electron chi connectivity index (χ2n) is 4.90. The Morgan fingerprint density at radius 1 is 1.31 bits per heavy atom. The molecule has 3 heteroatoms. The van der Waals surface area contributed by atoms with Crippen LogP contribution in [0.5, 0.6) is 0 Å². The van der Waals surface area contributed by atoms with Crippen LogP contribution < -0.4 is 0 Å². The monoisotopic (exact) mass is 227 g/mol. The van der Waals surface area contributed by atoms with Gasteiger partial charge in [0.2, 0.25) is 0 Å². The molecule has 0 radical (unpaired) electrons. The Hall–Kier alpha value is -0.570. The van der Waals surface area contributed by atoms with Gasteiger partial charge in [-0.3, -0.25) is 4.79 Å². The summed E-state index contributed by atoms with van der Waals surface area (Å²) in [5, 5.41) is 8.55. The molecule has 16 heavy (non-hydrogen) atoms. The molecule has 3 nitrogen and oxygen atoms in total. The first-order chi connectivity index (χ1) is 7.72. The van der Waals surface area contributed by atoms with Gasteiger partial charge in [-0.05, 0) is 57.7 Å². The first-order valence-electron chi connectivity index (χ1n) is 6.66. The van der Waals surface area contributed by atoms with E-state index in [1.165, 1.54) is 38.8 Å². The van der Waals surface area contributed by atoms with Crippen LogP contribution in [0.3, 0.4) is 0 Å². The molecule has 0 aromatic rings. The summed E-state index contributed by atoms with van der Waals surface area (Å²) in [6.45, 7) is 5.80. The van der Waals surface area contributed by atoms with Crippen LogP contribution in [0.25, 0.3) is 0 Å². The number of carboxylic acid groups (broad SMARTS) is 1. The van der Waals surface area contributed by atoms with Crippen molar-refractivity contribution < 1.29 is 9.90 Å². The average molecular weight is 227 g/mol. The average Bonchev–Trinajstić information content (AvgIpc) is 2.49. The van der Waals surface area contributed by atoms with Gasteiger partial charge in [0.05, 0.1) is 0 Å².